The van der Waals surface area contributed by atoms with Gasteiger partial charge in [-0.05, 0) is 81.9 Å². The van der Waals surface area contributed by atoms with Crippen LogP contribution >= 0.6 is 11.8 Å². The van der Waals surface area contributed by atoms with Gasteiger partial charge in [-0.15, -0.1) is 0 Å². The minimum Gasteiger partial charge on any atom is -0.458 e. The van der Waals surface area contributed by atoms with Crippen LogP contribution in [-0.4, -0.2) is 13.4 Å². The Balaban J connectivity index is 1.03. The average Bonchev–Trinajstić information content (AvgIpc) is 3.89. The summed E-state index contributed by atoms with van der Waals surface area (Å²) in [5.74, 6) is 1.70. The van der Waals surface area contributed by atoms with Crippen LogP contribution in [0.25, 0.3) is 43.9 Å². The lowest BCUT2D eigenvalue weighted by Gasteiger charge is -2.42. The highest BCUT2D eigenvalue weighted by molar-refractivity contribution is 8.00. The van der Waals surface area contributed by atoms with Crippen molar-refractivity contribution in [3.63, 3.8) is 0 Å². The van der Waals surface area contributed by atoms with Crippen LogP contribution in [0.4, 0.5) is 34.1 Å². The molecule has 8 heteroatoms. The molecule has 0 spiro atoms. The second-order valence-corrected chi connectivity index (χ2v) is 17.7. The summed E-state index contributed by atoms with van der Waals surface area (Å²) in [6, 6.07) is 65.4. The van der Waals surface area contributed by atoms with Crippen molar-refractivity contribution < 1.29 is 13.6 Å². The van der Waals surface area contributed by atoms with Gasteiger partial charge in [-0.3, -0.25) is 0 Å². The van der Waals surface area contributed by atoms with E-state index >= 15 is 0 Å². The molecule has 0 amide bonds. The topological polar surface area (TPSA) is 42.0 Å². The van der Waals surface area contributed by atoms with E-state index < -0.39 is 0 Å². The quantitative estimate of drug-likeness (QED) is 0.162. The lowest BCUT2D eigenvalue weighted by atomic mass is 9.31. The van der Waals surface area contributed by atoms with Crippen LogP contribution in [0.1, 0.15) is 0 Å². The SMILES string of the molecule is c1ccc(N2c3ccccc3B3c4cc5c(cc4Sc4c3c2cc2oc3ccccc3c42)Oc2cc3oc4ccccc4c3c3c2B5c2ccccc2N3c2ccccc2)cc1. The molecule has 4 aliphatic heterocycles. The third-order valence-electron chi connectivity index (χ3n) is 13.5. The summed E-state index contributed by atoms with van der Waals surface area (Å²) in [4.78, 5) is 7.29. The largest absolute Gasteiger partial charge is 0.458 e. The molecular weight excluding hydrogens is 778 g/mol. The fraction of sp³-hybridized carbons (Fsp3) is 0. The first-order valence-electron chi connectivity index (χ1n) is 21.1. The van der Waals surface area contributed by atoms with Gasteiger partial charge in [0.1, 0.15) is 33.8 Å². The molecule has 0 radical (unpaired) electrons. The van der Waals surface area contributed by atoms with E-state index in [0.29, 0.717) is 0 Å². The van der Waals surface area contributed by atoms with E-state index in [9.17, 15) is 0 Å². The molecule has 0 saturated carbocycles. The van der Waals surface area contributed by atoms with Gasteiger partial charge in [-0.2, -0.15) is 0 Å². The molecule has 9 aromatic carbocycles. The van der Waals surface area contributed by atoms with E-state index in [2.05, 4.69) is 186 Å². The van der Waals surface area contributed by atoms with Crippen molar-refractivity contribution in [3.8, 4) is 11.5 Å². The number of rotatable bonds is 2. The zero-order valence-corrected chi connectivity index (χ0v) is 33.8. The van der Waals surface area contributed by atoms with Crippen LogP contribution in [0, 0.1) is 0 Å². The van der Waals surface area contributed by atoms with Crippen molar-refractivity contribution in [2.24, 2.45) is 0 Å². The Morgan fingerprint density at radius 1 is 0.403 bits per heavy atom. The van der Waals surface area contributed by atoms with Gasteiger partial charge in [0.2, 0.25) is 6.71 Å². The molecule has 11 aromatic rings. The molecule has 286 valence electrons. The van der Waals surface area contributed by atoms with Crippen molar-refractivity contribution in [3.05, 3.63) is 182 Å². The van der Waals surface area contributed by atoms with Gasteiger partial charge in [0, 0.05) is 66.5 Å². The van der Waals surface area contributed by atoms with Gasteiger partial charge >= 0.3 is 0 Å². The van der Waals surface area contributed by atoms with E-state index in [4.69, 9.17) is 13.6 Å². The Labute approximate surface area is 360 Å². The number of furan rings is 2. The molecule has 0 saturated heterocycles. The number of fused-ring (bicyclic) bond motifs is 16. The molecule has 0 N–H and O–H groups in total. The molecule has 0 bridgehead atoms. The maximum atomic E-state index is 7.25. The number of anilines is 6. The number of hydrogen-bond acceptors (Lipinski definition) is 6. The zero-order chi connectivity index (χ0) is 40.2. The van der Waals surface area contributed by atoms with E-state index in [-0.39, 0.29) is 13.4 Å². The minimum atomic E-state index is -0.0888. The van der Waals surface area contributed by atoms with Crippen molar-refractivity contribution in [2.75, 3.05) is 9.80 Å². The van der Waals surface area contributed by atoms with Crippen LogP contribution < -0.4 is 47.3 Å². The third kappa shape index (κ3) is 4.27. The number of benzene rings is 9. The highest BCUT2D eigenvalue weighted by Gasteiger charge is 2.47. The third-order valence-corrected chi connectivity index (χ3v) is 14.7. The second-order valence-electron chi connectivity index (χ2n) is 16.7. The van der Waals surface area contributed by atoms with Gasteiger partial charge < -0.3 is 23.4 Å². The minimum absolute atomic E-state index is 0.0309. The van der Waals surface area contributed by atoms with E-state index in [1.54, 1.807) is 0 Å². The Morgan fingerprint density at radius 3 is 1.68 bits per heavy atom. The van der Waals surface area contributed by atoms with Crippen LogP contribution in [0.15, 0.2) is 201 Å². The lowest BCUT2D eigenvalue weighted by molar-refractivity contribution is 0.486. The highest BCUT2D eigenvalue weighted by Crippen LogP contribution is 2.50. The van der Waals surface area contributed by atoms with Crippen molar-refractivity contribution >= 4 is 136 Å². The van der Waals surface area contributed by atoms with E-state index in [0.717, 1.165) is 89.3 Å². The Morgan fingerprint density at radius 2 is 0.968 bits per heavy atom. The molecule has 4 aliphatic rings. The van der Waals surface area contributed by atoms with Gasteiger partial charge in [0.05, 0.1) is 11.1 Å². The maximum Gasteiger partial charge on any atom is 0.256 e. The van der Waals surface area contributed by atoms with Crippen LogP contribution in [0.3, 0.4) is 0 Å². The summed E-state index contributed by atoms with van der Waals surface area (Å²) >= 11 is 1.85. The average molecular weight is 809 g/mol. The molecule has 0 unspecified atom stereocenters. The van der Waals surface area contributed by atoms with Crippen LogP contribution in [-0.2, 0) is 0 Å². The fourth-order valence-electron chi connectivity index (χ4n) is 11.1. The Kier molecular flexibility index (Phi) is 6.46. The van der Waals surface area contributed by atoms with Crippen molar-refractivity contribution in [1.82, 2.24) is 0 Å². The van der Waals surface area contributed by atoms with Gasteiger partial charge in [-0.1, -0.05) is 132 Å². The first-order chi connectivity index (χ1) is 30.8. The lowest BCUT2D eigenvalue weighted by Crippen LogP contribution is -2.63. The summed E-state index contributed by atoms with van der Waals surface area (Å²) in [5.41, 5.74) is 17.7. The fourth-order valence-corrected chi connectivity index (χ4v) is 12.4. The normalized spacial score (nSPS) is 14.1. The van der Waals surface area contributed by atoms with Crippen LogP contribution in [0.5, 0.6) is 11.5 Å². The van der Waals surface area contributed by atoms with Gasteiger partial charge in [0.15, 0.2) is 0 Å². The molecule has 0 fully saturated rings. The second kappa shape index (κ2) is 12.1. The van der Waals surface area contributed by atoms with Crippen LogP contribution in [0.2, 0.25) is 0 Å². The molecule has 62 heavy (non-hydrogen) atoms. The highest BCUT2D eigenvalue weighted by atomic mass is 32.2. The van der Waals surface area contributed by atoms with Gasteiger partial charge in [0.25, 0.3) is 6.71 Å². The number of hydrogen-bond donors (Lipinski definition) is 0. The van der Waals surface area contributed by atoms with E-state index in [1.807, 2.05) is 17.8 Å². The number of nitrogens with zero attached hydrogens (tertiary/aromatic N) is 2. The number of ether oxygens (including phenoxy) is 1. The molecule has 5 nitrogen and oxygen atoms in total. The summed E-state index contributed by atoms with van der Waals surface area (Å²) in [6.07, 6.45) is 0. The first kappa shape index (κ1) is 33.2. The molecule has 2 aromatic heterocycles. The monoisotopic (exact) mass is 808 g/mol. The smallest absolute Gasteiger partial charge is 0.256 e. The van der Waals surface area contributed by atoms with Gasteiger partial charge in [-0.25, -0.2) is 0 Å². The zero-order valence-electron chi connectivity index (χ0n) is 33.0. The molecular formula is C54H30B2N2O3S. The van der Waals surface area contributed by atoms with E-state index in [1.165, 1.54) is 42.8 Å². The maximum absolute atomic E-state index is 7.25. The predicted octanol–water partition coefficient (Wildman–Crippen LogP) is 10.7. The van der Waals surface area contributed by atoms with Crippen molar-refractivity contribution in [2.45, 2.75) is 9.79 Å². The Bertz CT molecular complexity index is 3730. The summed E-state index contributed by atoms with van der Waals surface area (Å²) < 4.78 is 20.6. The Hall–Kier alpha value is -7.54. The summed E-state index contributed by atoms with van der Waals surface area (Å²) in [5, 5.41) is 4.49. The summed E-state index contributed by atoms with van der Waals surface area (Å²) in [7, 11) is 0. The standard InChI is InChI=1S/C54H30B2N2O3S/c1-3-15-31(16-4-1)57-39-23-11-9-21-35(39)56-38-27-37-44(30-48(38)62-54-50-34-20-8-14-26-43(34)59-45(50)28-41(57)51(54)56)61-47-29-46-49(33-19-7-13-25-42(33)60-46)53-52(47)55(37)36-22-10-12-24-40(36)58(53)32-17-5-2-6-18-32/h1-30H. The number of para-hydroxylation sites is 6. The first-order valence-corrected chi connectivity index (χ1v) is 22.0. The van der Waals surface area contributed by atoms with Crippen molar-refractivity contribution in [1.29, 1.82) is 0 Å². The summed E-state index contributed by atoms with van der Waals surface area (Å²) in [6.45, 7) is -0.120. The molecule has 0 atom stereocenters. The molecule has 6 heterocycles. The molecule has 15 rings (SSSR count). The predicted molar refractivity (Wildman–Crippen MR) is 257 cm³/mol. The molecule has 0 aliphatic carbocycles.